The summed E-state index contributed by atoms with van der Waals surface area (Å²) in [6.45, 7) is 2.54. The Morgan fingerprint density at radius 2 is 2.17 bits per heavy atom. The third-order valence-corrected chi connectivity index (χ3v) is 4.14. The zero-order valence-corrected chi connectivity index (χ0v) is 12.9. The van der Waals surface area contributed by atoms with Gasteiger partial charge in [-0.05, 0) is 6.92 Å². The molecule has 2 aromatic heterocycles. The highest BCUT2D eigenvalue weighted by molar-refractivity contribution is 5.84. The van der Waals surface area contributed by atoms with E-state index in [4.69, 9.17) is 10.5 Å². The molecule has 4 N–H and O–H groups in total. The Kier molecular flexibility index (Phi) is 3.41. The summed E-state index contributed by atoms with van der Waals surface area (Å²) < 4.78 is 36.0. The fraction of sp³-hybridized carbons (Fsp3) is 0.615. The molecule has 0 spiro atoms. The van der Waals surface area contributed by atoms with Gasteiger partial charge in [0.2, 0.25) is 11.8 Å². The van der Waals surface area contributed by atoms with Gasteiger partial charge >= 0.3 is 0 Å². The number of anilines is 2. The first-order valence-electron chi connectivity index (χ1n) is 7.16. The number of nitrogens with two attached hydrogens (primary N) is 1. The Hall–Kier alpha value is -2.07. The van der Waals surface area contributed by atoms with Crippen LogP contribution in [0.15, 0.2) is 6.33 Å². The number of aliphatic hydroxyl groups is 1. The average molecular weight is 328 g/mol. The largest absolute Gasteiger partial charge is 0.384 e. The van der Waals surface area contributed by atoms with E-state index in [1.165, 1.54) is 17.8 Å². The van der Waals surface area contributed by atoms with Crippen LogP contribution in [0.1, 0.15) is 26.5 Å². The fourth-order valence-electron chi connectivity index (χ4n) is 2.81. The fourth-order valence-corrected chi connectivity index (χ4v) is 2.81. The molecule has 23 heavy (non-hydrogen) atoms. The van der Waals surface area contributed by atoms with Gasteiger partial charge in [-0.25, -0.2) is 13.8 Å². The highest BCUT2D eigenvalue weighted by Gasteiger charge is 2.63. The first kappa shape index (κ1) is 15.8. The highest BCUT2D eigenvalue weighted by atomic mass is 19.2. The molecule has 0 amide bonds. The van der Waals surface area contributed by atoms with Gasteiger partial charge in [-0.3, -0.25) is 4.57 Å². The summed E-state index contributed by atoms with van der Waals surface area (Å²) in [5.41, 5.74) is 3.78. The average Bonchev–Trinajstić information content (AvgIpc) is 3.00. The lowest BCUT2D eigenvalue weighted by Gasteiger charge is -2.24. The second-order valence-electron chi connectivity index (χ2n) is 5.67. The van der Waals surface area contributed by atoms with Crippen molar-refractivity contribution in [1.29, 1.82) is 0 Å². The van der Waals surface area contributed by atoms with Crippen LogP contribution in [0.5, 0.6) is 0 Å². The maximum absolute atomic E-state index is 15.0. The van der Waals surface area contributed by atoms with E-state index >= 15 is 0 Å². The Bertz CT molecular complexity index is 751. The van der Waals surface area contributed by atoms with Crippen molar-refractivity contribution < 1.29 is 18.6 Å². The molecule has 1 fully saturated rings. The van der Waals surface area contributed by atoms with Crippen LogP contribution in [-0.4, -0.2) is 49.3 Å². The van der Waals surface area contributed by atoms with E-state index in [9.17, 15) is 13.9 Å². The summed E-state index contributed by atoms with van der Waals surface area (Å²) in [6, 6.07) is 0. The maximum Gasteiger partial charge on any atom is 0.240 e. The first-order chi connectivity index (χ1) is 10.7. The van der Waals surface area contributed by atoms with Crippen LogP contribution < -0.4 is 11.1 Å². The van der Waals surface area contributed by atoms with Crippen molar-refractivity contribution in [2.45, 2.75) is 44.1 Å². The molecule has 2 aromatic rings. The number of fused-ring (bicyclic) bond motifs is 1. The van der Waals surface area contributed by atoms with Crippen LogP contribution in [0.25, 0.3) is 11.2 Å². The van der Waals surface area contributed by atoms with Gasteiger partial charge in [0, 0.05) is 13.5 Å². The number of halogens is 2. The molecule has 1 aliphatic heterocycles. The molecule has 0 aliphatic carbocycles. The maximum atomic E-state index is 15.0. The summed E-state index contributed by atoms with van der Waals surface area (Å²) in [7, 11) is 1.62. The summed E-state index contributed by atoms with van der Waals surface area (Å²) in [5, 5.41) is 12.8. The molecule has 3 heterocycles. The Balaban J connectivity index is 2.16. The van der Waals surface area contributed by atoms with Crippen molar-refractivity contribution >= 4 is 22.9 Å². The Morgan fingerprint density at radius 3 is 2.74 bits per heavy atom. The molecule has 126 valence electrons. The molecule has 0 unspecified atom stereocenters. The predicted octanol–water partition coefficient (Wildman–Crippen LogP) is 1.14. The third kappa shape index (κ3) is 2.12. The smallest absolute Gasteiger partial charge is 0.240 e. The van der Waals surface area contributed by atoms with E-state index in [2.05, 4.69) is 20.3 Å². The van der Waals surface area contributed by atoms with Gasteiger partial charge in [0.15, 0.2) is 35.0 Å². The first-order valence-corrected chi connectivity index (χ1v) is 7.16. The predicted molar refractivity (Wildman–Crippen MR) is 79.1 cm³/mol. The SMILES string of the molecule is CC[C@@]1(F)O[C@@H](n2cnc3c(NC)nc(N)nc32)[C@](C)(F)[C@@H]1O. The molecule has 1 aliphatic rings. The van der Waals surface area contributed by atoms with Crippen LogP contribution in [0.4, 0.5) is 20.5 Å². The van der Waals surface area contributed by atoms with Crippen LogP contribution in [0.2, 0.25) is 0 Å². The molecular weight excluding hydrogens is 310 g/mol. The molecule has 4 atom stereocenters. The molecule has 10 heteroatoms. The Morgan fingerprint density at radius 1 is 1.48 bits per heavy atom. The Labute approximate surface area is 130 Å². The number of rotatable bonds is 3. The number of nitrogens with one attached hydrogen (secondary N) is 1. The molecule has 0 aromatic carbocycles. The van der Waals surface area contributed by atoms with Crippen LogP contribution >= 0.6 is 0 Å². The highest BCUT2D eigenvalue weighted by Crippen LogP contribution is 2.49. The minimum atomic E-state index is -2.49. The van der Waals surface area contributed by atoms with Gasteiger partial charge in [-0.1, -0.05) is 6.92 Å². The van der Waals surface area contributed by atoms with E-state index in [-0.39, 0.29) is 18.0 Å². The third-order valence-electron chi connectivity index (χ3n) is 4.14. The van der Waals surface area contributed by atoms with Crippen molar-refractivity contribution in [2.75, 3.05) is 18.1 Å². The summed E-state index contributed by atoms with van der Waals surface area (Å²) >= 11 is 0. The molecule has 0 bridgehead atoms. The standard InChI is InChI=1S/C13H18F2N6O2/c1-4-13(15)9(22)12(2,14)10(23-13)21-5-18-6-7(17-3)19-11(16)20-8(6)21/h5,9-10,22H,4H2,1-3H3,(H3,16,17,19,20)/t9-,10+,12+,13+/m0/s1. The number of aromatic nitrogens is 4. The van der Waals surface area contributed by atoms with Crippen molar-refractivity contribution in [1.82, 2.24) is 19.5 Å². The number of imidazole rings is 1. The van der Waals surface area contributed by atoms with Crippen LogP contribution in [-0.2, 0) is 4.74 Å². The lowest BCUT2D eigenvalue weighted by atomic mass is 9.96. The molecular formula is C13H18F2N6O2. The van der Waals surface area contributed by atoms with Gasteiger partial charge in [-0.2, -0.15) is 9.97 Å². The quantitative estimate of drug-likeness (QED) is 0.775. The van der Waals surface area contributed by atoms with Crippen molar-refractivity contribution in [2.24, 2.45) is 0 Å². The number of nitrogens with zero attached hydrogens (tertiary/aromatic N) is 4. The number of hydrogen-bond acceptors (Lipinski definition) is 7. The topological polar surface area (TPSA) is 111 Å². The summed E-state index contributed by atoms with van der Waals surface area (Å²) in [6.07, 6.45) is -2.32. The molecule has 0 saturated carbocycles. The molecule has 0 radical (unpaired) electrons. The van der Waals surface area contributed by atoms with Crippen LogP contribution in [0, 0.1) is 0 Å². The second kappa shape index (κ2) is 4.96. The summed E-state index contributed by atoms with van der Waals surface area (Å²) in [5.74, 6) is -2.19. The minimum Gasteiger partial charge on any atom is -0.384 e. The number of ether oxygens (including phenoxy) is 1. The number of alkyl halides is 2. The monoisotopic (exact) mass is 328 g/mol. The minimum absolute atomic E-state index is 0.0512. The lowest BCUT2D eigenvalue weighted by molar-refractivity contribution is -0.187. The number of hydrogen-bond donors (Lipinski definition) is 3. The zero-order valence-electron chi connectivity index (χ0n) is 12.9. The summed E-state index contributed by atoms with van der Waals surface area (Å²) in [4.78, 5) is 12.1. The van der Waals surface area contributed by atoms with Gasteiger partial charge in [0.25, 0.3) is 0 Å². The van der Waals surface area contributed by atoms with Gasteiger partial charge in [0.1, 0.15) is 0 Å². The van der Waals surface area contributed by atoms with Crippen molar-refractivity contribution in [3.8, 4) is 0 Å². The van der Waals surface area contributed by atoms with Gasteiger partial charge in [0.05, 0.1) is 6.33 Å². The lowest BCUT2D eigenvalue weighted by Crippen LogP contribution is -2.43. The van der Waals surface area contributed by atoms with Gasteiger partial charge in [-0.15, -0.1) is 0 Å². The van der Waals surface area contributed by atoms with Crippen LogP contribution in [0.3, 0.4) is 0 Å². The normalized spacial score (nSPS) is 34.2. The molecule has 8 nitrogen and oxygen atoms in total. The number of nitrogen functional groups attached to an aromatic ring is 1. The van der Waals surface area contributed by atoms with E-state index in [0.717, 1.165) is 6.92 Å². The van der Waals surface area contributed by atoms with E-state index in [1.807, 2.05) is 0 Å². The van der Waals surface area contributed by atoms with E-state index in [0.29, 0.717) is 11.3 Å². The van der Waals surface area contributed by atoms with E-state index < -0.39 is 23.9 Å². The van der Waals surface area contributed by atoms with E-state index in [1.54, 1.807) is 7.05 Å². The van der Waals surface area contributed by atoms with Crippen molar-refractivity contribution in [3.05, 3.63) is 6.33 Å². The number of aliphatic hydroxyl groups excluding tert-OH is 1. The van der Waals surface area contributed by atoms with Gasteiger partial charge < -0.3 is 20.9 Å². The molecule has 3 rings (SSSR count). The molecule has 1 saturated heterocycles. The zero-order chi connectivity index (χ0) is 17.0. The second-order valence-corrected chi connectivity index (χ2v) is 5.67. The van der Waals surface area contributed by atoms with Crippen molar-refractivity contribution in [3.63, 3.8) is 0 Å².